The van der Waals surface area contributed by atoms with E-state index in [1.54, 1.807) is 0 Å². The fourth-order valence-corrected chi connectivity index (χ4v) is 2.23. The average molecular weight is 182 g/mol. The molecule has 0 saturated carbocycles. The Labute approximate surface area is 86.6 Å². The molecule has 0 saturated heterocycles. The van der Waals surface area contributed by atoms with Gasteiger partial charge in [-0.2, -0.15) is 0 Å². The minimum Gasteiger partial charge on any atom is -0.115 e. The second kappa shape index (κ2) is 6.99. The molecule has 0 rings (SSSR count). The Morgan fingerprint density at radius 2 is 1.67 bits per heavy atom. The van der Waals surface area contributed by atoms with E-state index in [0.717, 1.165) is 17.8 Å². The lowest BCUT2D eigenvalue weighted by Crippen LogP contribution is -2.13. The minimum absolute atomic E-state index is 0.900. The molecule has 0 spiro atoms. The van der Waals surface area contributed by atoms with E-state index in [0.29, 0.717) is 0 Å². The largest absolute Gasteiger partial charge is 0.118 e. The monoisotopic (exact) mass is 182 g/mol. The lowest BCUT2D eigenvalue weighted by molar-refractivity contribution is 0.303. The van der Waals surface area contributed by atoms with Crippen molar-refractivity contribution in [1.82, 2.24) is 0 Å². The van der Waals surface area contributed by atoms with E-state index in [2.05, 4.69) is 44.0 Å². The van der Waals surface area contributed by atoms with Crippen LogP contribution >= 0.6 is 0 Å². The van der Waals surface area contributed by atoms with E-state index >= 15 is 0 Å². The van der Waals surface area contributed by atoms with Gasteiger partial charge in [-0.05, 0) is 18.3 Å². The minimum atomic E-state index is 0.900. The van der Waals surface area contributed by atoms with Crippen molar-refractivity contribution in [2.75, 3.05) is 0 Å². The highest BCUT2D eigenvalue weighted by molar-refractivity contribution is 6.08. The third-order valence-corrected chi connectivity index (χ3v) is 3.76. The molecule has 1 heteroatoms. The molecule has 0 N–H and O–H groups in total. The van der Waals surface area contributed by atoms with Crippen LogP contribution in [0, 0.1) is 17.8 Å². The highest BCUT2D eigenvalue weighted by Crippen LogP contribution is 2.26. The summed E-state index contributed by atoms with van der Waals surface area (Å²) < 4.78 is 0. The molecule has 0 aromatic carbocycles. The lowest BCUT2D eigenvalue weighted by Gasteiger charge is -2.24. The molecular formula is C11H23Al. The summed E-state index contributed by atoms with van der Waals surface area (Å²) in [5, 5.41) is 1.28. The van der Waals surface area contributed by atoms with Crippen LogP contribution in [-0.2, 0) is 0 Å². The van der Waals surface area contributed by atoms with Crippen LogP contribution in [0.15, 0.2) is 0 Å². The van der Waals surface area contributed by atoms with Crippen molar-refractivity contribution in [3.05, 3.63) is 0 Å². The SMILES string of the molecule is CCC(C)CC([CH2][Al])C(C)CC. The van der Waals surface area contributed by atoms with E-state index in [4.69, 9.17) is 0 Å². The standard InChI is InChI=1S/C11H23.Al/c1-6-9(3)8-11(5)10(4)7-2;/h9-11H,5-8H2,1-4H3;. The summed E-state index contributed by atoms with van der Waals surface area (Å²) >= 11 is 2.90. The van der Waals surface area contributed by atoms with E-state index < -0.39 is 0 Å². The van der Waals surface area contributed by atoms with E-state index in [-0.39, 0.29) is 0 Å². The van der Waals surface area contributed by atoms with Crippen LogP contribution in [0.2, 0.25) is 5.28 Å². The first-order chi connectivity index (χ1) is 5.65. The zero-order valence-corrected chi connectivity index (χ0v) is 10.3. The summed E-state index contributed by atoms with van der Waals surface area (Å²) in [5.74, 6) is 2.73. The van der Waals surface area contributed by atoms with Gasteiger partial charge in [0.05, 0.1) is 0 Å². The first-order valence-electron chi connectivity index (χ1n) is 5.35. The van der Waals surface area contributed by atoms with Gasteiger partial charge in [0.15, 0.2) is 0 Å². The fraction of sp³-hybridized carbons (Fsp3) is 1.00. The maximum Gasteiger partial charge on any atom is 0.118 e. The van der Waals surface area contributed by atoms with Crippen molar-refractivity contribution in [3.63, 3.8) is 0 Å². The van der Waals surface area contributed by atoms with Gasteiger partial charge in [-0.25, -0.2) is 0 Å². The molecule has 0 fully saturated rings. The van der Waals surface area contributed by atoms with Crippen molar-refractivity contribution in [2.45, 2.75) is 52.2 Å². The molecule has 3 atom stereocenters. The van der Waals surface area contributed by atoms with E-state index in [1.165, 1.54) is 24.5 Å². The molecule has 0 heterocycles. The zero-order valence-electron chi connectivity index (χ0n) is 9.14. The smallest absolute Gasteiger partial charge is 0.115 e. The molecule has 0 aromatic heterocycles. The molecule has 0 amide bonds. The lowest BCUT2D eigenvalue weighted by atomic mass is 9.85. The molecule has 12 heavy (non-hydrogen) atoms. The molecule has 0 aliphatic carbocycles. The number of rotatable bonds is 6. The van der Waals surface area contributed by atoms with Crippen molar-refractivity contribution < 1.29 is 0 Å². The highest BCUT2D eigenvalue weighted by Gasteiger charge is 2.15. The van der Waals surface area contributed by atoms with Gasteiger partial charge < -0.3 is 0 Å². The summed E-state index contributed by atoms with van der Waals surface area (Å²) in [5.41, 5.74) is 0. The molecular weight excluding hydrogens is 159 g/mol. The summed E-state index contributed by atoms with van der Waals surface area (Å²) in [6, 6.07) is 0. The Morgan fingerprint density at radius 3 is 2.00 bits per heavy atom. The van der Waals surface area contributed by atoms with Crippen LogP contribution in [-0.4, -0.2) is 16.3 Å². The van der Waals surface area contributed by atoms with E-state index in [9.17, 15) is 0 Å². The summed E-state index contributed by atoms with van der Waals surface area (Å²) in [6.45, 7) is 9.35. The Hall–Kier alpha value is 0.532. The van der Waals surface area contributed by atoms with Crippen LogP contribution in [0.5, 0.6) is 0 Å². The van der Waals surface area contributed by atoms with Crippen molar-refractivity contribution >= 4 is 16.3 Å². The Bertz CT molecular complexity index is 101. The normalized spacial score (nSPS) is 18.7. The first-order valence-corrected chi connectivity index (χ1v) is 6.17. The Morgan fingerprint density at radius 1 is 1.08 bits per heavy atom. The van der Waals surface area contributed by atoms with Crippen molar-refractivity contribution in [2.24, 2.45) is 17.8 Å². The summed E-state index contributed by atoms with van der Waals surface area (Å²) in [4.78, 5) is 0. The molecule has 0 aliphatic heterocycles. The van der Waals surface area contributed by atoms with Gasteiger partial charge in [-0.15, -0.1) is 5.28 Å². The highest BCUT2D eigenvalue weighted by atomic mass is 27.0. The summed E-state index contributed by atoms with van der Waals surface area (Å²) in [7, 11) is 0. The van der Waals surface area contributed by atoms with Gasteiger partial charge in [0.1, 0.15) is 16.3 Å². The molecule has 0 bridgehead atoms. The third-order valence-electron chi connectivity index (χ3n) is 3.15. The van der Waals surface area contributed by atoms with Crippen LogP contribution < -0.4 is 0 Å². The Balaban J connectivity index is 3.81. The van der Waals surface area contributed by atoms with Gasteiger partial charge in [-0.1, -0.05) is 46.5 Å². The topological polar surface area (TPSA) is 0 Å². The molecule has 0 aliphatic rings. The first kappa shape index (κ1) is 12.5. The maximum atomic E-state index is 2.90. The molecule has 0 aromatic rings. The van der Waals surface area contributed by atoms with Gasteiger partial charge in [-0.3, -0.25) is 0 Å². The third kappa shape index (κ3) is 4.53. The molecule has 0 nitrogen and oxygen atoms in total. The van der Waals surface area contributed by atoms with Crippen molar-refractivity contribution in [3.8, 4) is 0 Å². The van der Waals surface area contributed by atoms with Crippen LogP contribution in [0.25, 0.3) is 0 Å². The van der Waals surface area contributed by atoms with Crippen LogP contribution in [0.3, 0.4) is 0 Å². The van der Waals surface area contributed by atoms with Crippen molar-refractivity contribution in [1.29, 1.82) is 0 Å². The number of hydrogen-bond acceptors (Lipinski definition) is 0. The van der Waals surface area contributed by atoms with Gasteiger partial charge in [0, 0.05) is 0 Å². The van der Waals surface area contributed by atoms with Gasteiger partial charge >= 0.3 is 0 Å². The molecule has 2 radical (unpaired) electrons. The molecule has 70 valence electrons. The molecule has 3 unspecified atom stereocenters. The van der Waals surface area contributed by atoms with E-state index in [1.807, 2.05) is 0 Å². The van der Waals surface area contributed by atoms with Crippen LogP contribution in [0.1, 0.15) is 47.0 Å². The average Bonchev–Trinajstić information content (AvgIpc) is 2.12. The van der Waals surface area contributed by atoms with Gasteiger partial charge in [0.2, 0.25) is 0 Å². The van der Waals surface area contributed by atoms with Gasteiger partial charge in [0.25, 0.3) is 0 Å². The summed E-state index contributed by atoms with van der Waals surface area (Å²) in [6.07, 6.45) is 4.07. The zero-order chi connectivity index (χ0) is 9.56. The second-order valence-electron chi connectivity index (χ2n) is 4.13. The quantitative estimate of drug-likeness (QED) is 0.550. The maximum absolute atomic E-state index is 2.90. The number of hydrogen-bond donors (Lipinski definition) is 0. The second-order valence-corrected chi connectivity index (χ2v) is 4.60. The Kier molecular flexibility index (Phi) is 7.30. The fourth-order valence-electron chi connectivity index (χ4n) is 1.58. The predicted octanol–water partition coefficient (Wildman–Crippen LogP) is 3.67. The van der Waals surface area contributed by atoms with Crippen LogP contribution in [0.4, 0.5) is 0 Å². The predicted molar refractivity (Wildman–Crippen MR) is 57.6 cm³/mol.